The molecule has 0 radical (unpaired) electrons. The predicted octanol–water partition coefficient (Wildman–Crippen LogP) is 1.75. The highest BCUT2D eigenvalue weighted by Gasteiger charge is 2.33. The second-order valence-electron chi connectivity index (χ2n) is 5.23. The molecule has 2 heterocycles. The summed E-state index contributed by atoms with van der Waals surface area (Å²) in [6, 6.07) is 9.96. The molecule has 1 aromatic carbocycles. The first-order valence-electron chi connectivity index (χ1n) is 7.08. The first-order valence-corrected chi connectivity index (χ1v) is 8.62. The smallest absolute Gasteiger partial charge is 0.292 e. The van der Waals surface area contributed by atoms with Gasteiger partial charge in [-0.1, -0.05) is 23.4 Å². The van der Waals surface area contributed by atoms with Gasteiger partial charge in [0.2, 0.25) is 5.76 Å². The van der Waals surface area contributed by atoms with Crippen LogP contribution in [0.25, 0.3) is 0 Å². The Hall–Kier alpha value is -2.15. The molecule has 1 aliphatic heterocycles. The van der Waals surface area contributed by atoms with Gasteiger partial charge in [0.15, 0.2) is 9.84 Å². The fourth-order valence-electron chi connectivity index (χ4n) is 2.65. The number of aromatic nitrogens is 1. The third kappa shape index (κ3) is 2.76. The molecule has 22 heavy (non-hydrogen) atoms. The summed E-state index contributed by atoms with van der Waals surface area (Å²) >= 11 is 0. The average Bonchev–Trinajstić information content (AvgIpc) is 3.09. The maximum absolute atomic E-state index is 12.6. The maximum Gasteiger partial charge on any atom is 0.292 e. The molecule has 1 saturated heterocycles. The van der Waals surface area contributed by atoms with E-state index in [4.69, 9.17) is 4.52 Å². The van der Waals surface area contributed by atoms with Crippen molar-refractivity contribution in [2.45, 2.75) is 23.0 Å². The van der Waals surface area contributed by atoms with Crippen molar-refractivity contribution in [3.8, 4) is 0 Å². The number of piperidine rings is 1. The lowest BCUT2D eigenvalue weighted by molar-refractivity contribution is 0.0683. The van der Waals surface area contributed by atoms with E-state index in [1.54, 1.807) is 35.2 Å². The van der Waals surface area contributed by atoms with Gasteiger partial charge in [0.25, 0.3) is 5.91 Å². The van der Waals surface area contributed by atoms with Crippen molar-refractivity contribution >= 4 is 15.7 Å². The standard InChI is InChI=1S/C15H16N2O4S/c18-15(14-6-9-16-21-14)17-10-7-13(8-11-17)22(19,20)12-4-2-1-3-5-12/h1-6,9,13H,7-8,10-11H2. The molecular formula is C15H16N2O4S. The van der Waals surface area contributed by atoms with Crippen LogP contribution in [-0.2, 0) is 9.84 Å². The summed E-state index contributed by atoms with van der Waals surface area (Å²) in [5, 5.41) is 3.06. The molecule has 7 heteroatoms. The number of carbonyl (C=O) groups is 1. The summed E-state index contributed by atoms with van der Waals surface area (Å²) in [6.45, 7) is 0.798. The maximum atomic E-state index is 12.6. The molecule has 0 saturated carbocycles. The van der Waals surface area contributed by atoms with E-state index < -0.39 is 15.1 Å². The van der Waals surface area contributed by atoms with Gasteiger partial charge >= 0.3 is 0 Å². The number of rotatable bonds is 3. The number of amides is 1. The van der Waals surface area contributed by atoms with Crippen molar-refractivity contribution < 1.29 is 17.7 Å². The fraction of sp³-hybridized carbons (Fsp3) is 0.333. The number of nitrogens with zero attached hydrogens (tertiary/aromatic N) is 2. The molecule has 0 atom stereocenters. The zero-order valence-corrected chi connectivity index (χ0v) is 12.7. The van der Waals surface area contributed by atoms with E-state index in [1.807, 2.05) is 0 Å². The zero-order valence-electron chi connectivity index (χ0n) is 11.9. The molecule has 1 fully saturated rings. The van der Waals surface area contributed by atoms with E-state index in [9.17, 15) is 13.2 Å². The van der Waals surface area contributed by atoms with Crippen LogP contribution in [0.3, 0.4) is 0 Å². The molecule has 1 amide bonds. The minimum absolute atomic E-state index is 0.185. The minimum atomic E-state index is -3.34. The van der Waals surface area contributed by atoms with Crippen molar-refractivity contribution in [2.75, 3.05) is 13.1 Å². The van der Waals surface area contributed by atoms with Crippen LogP contribution in [0, 0.1) is 0 Å². The van der Waals surface area contributed by atoms with Gasteiger partial charge in [-0.2, -0.15) is 0 Å². The Morgan fingerprint density at radius 3 is 2.41 bits per heavy atom. The Balaban J connectivity index is 1.68. The summed E-state index contributed by atoms with van der Waals surface area (Å²) < 4.78 is 30.0. The number of benzene rings is 1. The van der Waals surface area contributed by atoms with Crippen molar-refractivity contribution in [2.24, 2.45) is 0 Å². The van der Waals surface area contributed by atoms with Gasteiger partial charge in [0.1, 0.15) is 0 Å². The molecule has 0 N–H and O–H groups in total. The molecule has 116 valence electrons. The lowest BCUT2D eigenvalue weighted by Gasteiger charge is -2.31. The third-order valence-corrected chi connectivity index (χ3v) is 6.17. The van der Waals surface area contributed by atoms with Crippen LogP contribution in [0.1, 0.15) is 23.4 Å². The predicted molar refractivity (Wildman–Crippen MR) is 79.1 cm³/mol. The van der Waals surface area contributed by atoms with Crippen molar-refractivity contribution in [3.63, 3.8) is 0 Å². The minimum Gasteiger partial charge on any atom is -0.351 e. The van der Waals surface area contributed by atoms with E-state index in [2.05, 4.69) is 5.16 Å². The average molecular weight is 320 g/mol. The van der Waals surface area contributed by atoms with Gasteiger partial charge in [-0.25, -0.2) is 8.42 Å². The van der Waals surface area contributed by atoms with Gasteiger partial charge in [0, 0.05) is 19.2 Å². The highest BCUT2D eigenvalue weighted by molar-refractivity contribution is 7.92. The number of likely N-dealkylation sites (tertiary alicyclic amines) is 1. The lowest BCUT2D eigenvalue weighted by atomic mass is 10.1. The first kappa shape index (κ1) is 14.8. The second-order valence-corrected chi connectivity index (χ2v) is 7.45. The van der Waals surface area contributed by atoms with Gasteiger partial charge in [-0.15, -0.1) is 0 Å². The Morgan fingerprint density at radius 1 is 1.14 bits per heavy atom. The van der Waals surface area contributed by atoms with E-state index in [0.29, 0.717) is 30.8 Å². The molecule has 0 bridgehead atoms. The second kappa shape index (κ2) is 5.92. The van der Waals surface area contributed by atoms with Crippen LogP contribution in [0.15, 0.2) is 52.0 Å². The van der Waals surface area contributed by atoms with Crippen LogP contribution in [-0.4, -0.2) is 42.7 Å². The van der Waals surface area contributed by atoms with Crippen molar-refractivity contribution in [1.29, 1.82) is 0 Å². The molecular weight excluding hydrogens is 304 g/mol. The molecule has 1 aromatic heterocycles. The first-order chi connectivity index (χ1) is 10.6. The Bertz CT molecular complexity index is 733. The van der Waals surface area contributed by atoms with Gasteiger partial charge in [-0.3, -0.25) is 4.79 Å². The highest BCUT2D eigenvalue weighted by atomic mass is 32.2. The molecule has 1 aliphatic rings. The van der Waals surface area contributed by atoms with E-state index in [-0.39, 0.29) is 11.7 Å². The number of hydrogen-bond acceptors (Lipinski definition) is 5. The zero-order chi connectivity index (χ0) is 15.6. The van der Waals surface area contributed by atoms with Gasteiger partial charge < -0.3 is 9.42 Å². The Labute approximate surface area is 128 Å². The monoisotopic (exact) mass is 320 g/mol. The largest absolute Gasteiger partial charge is 0.351 e. The van der Waals surface area contributed by atoms with Crippen LogP contribution < -0.4 is 0 Å². The third-order valence-electron chi connectivity index (χ3n) is 3.89. The Kier molecular flexibility index (Phi) is 3.98. The lowest BCUT2D eigenvalue weighted by Crippen LogP contribution is -2.42. The number of carbonyl (C=O) groups excluding carboxylic acids is 1. The summed E-state index contributed by atoms with van der Waals surface area (Å²) in [7, 11) is -3.34. The summed E-state index contributed by atoms with van der Waals surface area (Å²) in [6.07, 6.45) is 2.27. The molecule has 2 aromatic rings. The molecule has 0 unspecified atom stereocenters. The molecule has 0 spiro atoms. The summed E-state index contributed by atoms with van der Waals surface area (Å²) in [4.78, 5) is 14.1. The molecule has 6 nitrogen and oxygen atoms in total. The Morgan fingerprint density at radius 2 is 1.82 bits per heavy atom. The fourth-order valence-corrected chi connectivity index (χ4v) is 4.41. The van der Waals surface area contributed by atoms with E-state index in [0.717, 1.165) is 0 Å². The normalized spacial score (nSPS) is 16.6. The number of hydrogen-bond donors (Lipinski definition) is 0. The van der Waals surface area contributed by atoms with Crippen LogP contribution in [0.4, 0.5) is 0 Å². The number of sulfone groups is 1. The van der Waals surface area contributed by atoms with Crippen LogP contribution >= 0.6 is 0 Å². The van der Waals surface area contributed by atoms with Gasteiger partial charge in [-0.05, 0) is 25.0 Å². The van der Waals surface area contributed by atoms with Gasteiger partial charge in [0.05, 0.1) is 16.3 Å². The van der Waals surface area contributed by atoms with E-state index >= 15 is 0 Å². The molecule has 0 aliphatic carbocycles. The van der Waals surface area contributed by atoms with Crippen molar-refractivity contribution in [1.82, 2.24) is 10.1 Å². The topological polar surface area (TPSA) is 80.5 Å². The SMILES string of the molecule is O=C(c1ccno1)N1CCC(S(=O)(=O)c2ccccc2)CC1. The molecule has 3 rings (SSSR count). The van der Waals surface area contributed by atoms with Crippen LogP contribution in [0.5, 0.6) is 0 Å². The summed E-state index contributed by atoms with van der Waals surface area (Å²) in [5.41, 5.74) is 0. The van der Waals surface area contributed by atoms with Crippen LogP contribution in [0.2, 0.25) is 0 Å². The van der Waals surface area contributed by atoms with Crippen molar-refractivity contribution in [3.05, 3.63) is 48.4 Å². The summed E-state index contributed by atoms with van der Waals surface area (Å²) in [5.74, 6) is -0.0579. The van der Waals surface area contributed by atoms with E-state index in [1.165, 1.54) is 12.3 Å². The quantitative estimate of drug-likeness (QED) is 0.861. The highest BCUT2D eigenvalue weighted by Crippen LogP contribution is 2.25.